The lowest BCUT2D eigenvalue weighted by Gasteiger charge is -2.19. The minimum atomic E-state index is -0.296. The molecule has 0 bridgehead atoms. The van der Waals surface area contributed by atoms with Crippen LogP contribution in [0.25, 0.3) is 5.69 Å². The van der Waals surface area contributed by atoms with Gasteiger partial charge in [-0.3, -0.25) is 14.8 Å². The number of amides is 1. The van der Waals surface area contributed by atoms with Crippen molar-refractivity contribution in [1.29, 1.82) is 5.41 Å². The van der Waals surface area contributed by atoms with Gasteiger partial charge in [0.2, 0.25) is 5.91 Å². The second-order valence-electron chi connectivity index (χ2n) is 5.25. The highest BCUT2D eigenvalue weighted by Gasteiger charge is 2.22. The predicted octanol–water partition coefficient (Wildman–Crippen LogP) is 2.63. The molecule has 0 radical (unpaired) electrons. The molecule has 126 valence electrons. The van der Waals surface area contributed by atoms with E-state index in [0.717, 1.165) is 5.69 Å². The van der Waals surface area contributed by atoms with Gasteiger partial charge in [-0.25, -0.2) is 4.68 Å². The predicted molar refractivity (Wildman–Crippen MR) is 95.7 cm³/mol. The molecule has 0 aliphatic heterocycles. The van der Waals surface area contributed by atoms with Crippen molar-refractivity contribution in [2.45, 2.75) is 13.3 Å². The van der Waals surface area contributed by atoms with Crippen LogP contribution in [0.15, 0.2) is 35.7 Å². The fourth-order valence-corrected chi connectivity index (χ4v) is 2.33. The average Bonchev–Trinajstić information content (AvgIpc) is 2.99. The molecule has 2 aromatic rings. The van der Waals surface area contributed by atoms with E-state index in [1.807, 2.05) is 6.07 Å². The second kappa shape index (κ2) is 8.35. The molecule has 8 heteroatoms. The third-order valence-corrected chi connectivity index (χ3v) is 3.68. The van der Waals surface area contributed by atoms with Crippen molar-refractivity contribution in [2.24, 2.45) is 10.9 Å². The summed E-state index contributed by atoms with van der Waals surface area (Å²) in [6, 6.07) is 3.65. The first-order chi connectivity index (χ1) is 11.5. The van der Waals surface area contributed by atoms with Crippen LogP contribution in [0, 0.1) is 11.3 Å². The van der Waals surface area contributed by atoms with E-state index in [4.69, 9.17) is 17.0 Å². The number of pyridine rings is 1. The smallest absolute Gasteiger partial charge is 0.231 e. The highest BCUT2D eigenvalue weighted by Crippen LogP contribution is 2.26. The maximum absolute atomic E-state index is 12.5. The SMILES string of the molecule is CC(CN=CCC=N)C(=O)N(C)c1cn(-c2cccnc2)nc1Cl. The number of aliphatic imine (C=N–C) groups is 1. The molecule has 0 spiro atoms. The van der Waals surface area contributed by atoms with Crippen molar-refractivity contribution >= 4 is 35.6 Å². The Hall–Kier alpha value is -2.54. The summed E-state index contributed by atoms with van der Waals surface area (Å²) in [4.78, 5) is 22.2. The Labute approximate surface area is 145 Å². The number of hydrogen-bond donors (Lipinski definition) is 1. The van der Waals surface area contributed by atoms with Gasteiger partial charge in [0.1, 0.15) is 5.69 Å². The Kier molecular flexibility index (Phi) is 6.20. The number of nitrogens with zero attached hydrogens (tertiary/aromatic N) is 5. The zero-order valence-electron chi connectivity index (χ0n) is 13.6. The number of rotatable bonds is 7. The molecule has 2 rings (SSSR count). The molecule has 7 nitrogen and oxygen atoms in total. The fourth-order valence-electron chi connectivity index (χ4n) is 2.08. The van der Waals surface area contributed by atoms with Crippen LogP contribution < -0.4 is 4.90 Å². The summed E-state index contributed by atoms with van der Waals surface area (Å²) in [6.45, 7) is 2.17. The fraction of sp³-hybridized carbons (Fsp3) is 0.312. The zero-order valence-corrected chi connectivity index (χ0v) is 14.3. The summed E-state index contributed by atoms with van der Waals surface area (Å²) in [5.74, 6) is -0.399. The molecule has 0 saturated carbocycles. The number of hydrogen-bond acceptors (Lipinski definition) is 5. The van der Waals surface area contributed by atoms with Gasteiger partial charge in [0, 0.05) is 38.6 Å². The molecule has 1 amide bonds. The van der Waals surface area contributed by atoms with Crippen LogP contribution in [0.3, 0.4) is 0 Å². The Morgan fingerprint density at radius 2 is 2.38 bits per heavy atom. The number of anilines is 1. The summed E-state index contributed by atoms with van der Waals surface area (Å²) in [5.41, 5.74) is 1.29. The molecule has 24 heavy (non-hydrogen) atoms. The molecule has 0 aromatic carbocycles. The Morgan fingerprint density at radius 1 is 1.58 bits per heavy atom. The number of halogens is 1. The van der Waals surface area contributed by atoms with Crippen molar-refractivity contribution in [1.82, 2.24) is 14.8 Å². The lowest BCUT2D eigenvalue weighted by molar-refractivity contribution is -0.121. The Morgan fingerprint density at radius 3 is 3.04 bits per heavy atom. The number of nitrogens with one attached hydrogen (secondary N) is 1. The minimum Gasteiger partial charge on any atom is -0.313 e. The lowest BCUT2D eigenvalue weighted by Crippen LogP contribution is -2.32. The van der Waals surface area contributed by atoms with Crippen LogP contribution in [-0.4, -0.2) is 46.7 Å². The zero-order chi connectivity index (χ0) is 17.5. The second-order valence-corrected chi connectivity index (χ2v) is 5.60. The van der Waals surface area contributed by atoms with Crippen LogP contribution >= 0.6 is 11.6 Å². The van der Waals surface area contributed by atoms with Crippen LogP contribution in [0.1, 0.15) is 13.3 Å². The molecule has 1 unspecified atom stereocenters. The third kappa shape index (κ3) is 4.26. The van der Waals surface area contributed by atoms with E-state index < -0.39 is 0 Å². The highest BCUT2D eigenvalue weighted by atomic mass is 35.5. The molecule has 2 heterocycles. The number of aromatic nitrogens is 3. The minimum absolute atomic E-state index is 0.102. The molecule has 1 atom stereocenters. The van der Waals surface area contributed by atoms with Gasteiger partial charge in [0.15, 0.2) is 5.15 Å². The molecule has 0 fully saturated rings. The van der Waals surface area contributed by atoms with Gasteiger partial charge in [-0.1, -0.05) is 18.5 Å². The largest absolute Gasteiger partial charge is 0.313 e. The average molecular weight is 347 g/mol. The quantitative estimate of drug-likeness (QED) is 0.782. The number of carbonyl (C=O) groups excluding carboxylic acids is 1. The Bertz CT molecular complexity index is 727. The van der Waals surface area contributed by atoms with Crippen molar-refractivity contribution in [3.05, 3.63) is 35.9 Å². The topological polar surface area (TPSA) is 87.2 Å². The van der Waals surface area contributed by atoms with E-state index in [0.29, 0.717) is 18.7 Å². The molecular formula is C16H19ClN6O. The van der Waals surface area contributed by atoms with Gasteiger partial charge in [-0.15, -0.1) is 0 Å². The molecular weight excluding hydrogens is 328 g/mol. The van der Waals surface area contributed by atoms with Gasteiger partial charge in [0.05, 0.1) is 24.0 Å². The summed E-state index contributed by atoms with van der Waals surface area (Å²) in [7, 11) is 1.66. The maximum Gasteiger partial charge on any atom is 0.231 e. The molecule has 1 N–H and O–H groups in total. The van der Waals surface area contributed by atoms with E-state index in [1.54, 1.807) is 49.5 Å². The summed E-state index contributed by atoms with van der Waals surface area (Å²) < 4.78 is 1.58. The standard InChI is InChI=1S/C16H19ClN6O/c1-12(9-19-8-4-6-18)16(24)22(2)14-11-23(21-15(14)17)13-5-3-7-20-10-13/h3,5-8,10-12,18H,4,9H2,1-2H3. The van der Waals surface area contributed by atoms with Gasteiger partial charge >= 0.3 is 0 Å². The highest BCUT2D eigenvalue weighted by molar-refractivity contribution is 6.32. The van der Waals surface area contributed by atoms with Crippen molar-refractivity contribution < 1.29 is 4.79 Å². The Balaban J connectivity index is 2.11. The monoisotopic (exact) mass is 346 g/mol. The van der Waals surface area contributed by atoms with E-state index in [2.05, 4.69) is 15.1 Å². The summed E-state index contributed by atoms with van der Waals surface area (Å²) in [6.07, 6.45) is 8.39. The van der Waals surface area contributed by atoms with Gasteiger partial charge < -0.3 is 10.3 Å². The van der Waals surface area contributed by atoms with E-state index in [-0.39, 0.29) is 17.0 Å². The number of carbonyl (C=O) groups is 1. The molecule has 2 aromatic heterocycles. The van der Waals surface area contributed by atoms with Gasteiger partial charge in [-0.05, 0) is 12.1 Å². The van der Waals surface area contributed by atoms with Gasteiger partial charge in [0.25, 0.3) is 0 Å². The summed E-state index contributed by atoms with van der Waals surface area (Å²) >= 11 is 6.18. The first-order valence-electron chi connectivity index (χ1n) is 7.45. The van der Waals surface area contributed by atoms with E-state index in [9.17, 15) is 4.79 Å². The third-order valence-electron chi connectivity index (χ3n) is 3.41. The van der Waals surface area contributed by atoms with Crippen molar-refractivity contribution in [3.8, 4) is 5.69 Å². The van der Waals surface area contributed by atoms with Crippen LogP contribution in [0.4, 0.5) is 5.69 Å². The normalized spacial score (nSPS) is 12.3. The van der Waals surface area contributed by atoms with Crippen LogP contribution in [-0.2, 0) is 4.79 Å². The summed E-state index contributed by atoms with van der Waals surface area (Å²) in [5, 5.41) is 11.4. The van der Waals surface area contributed by atoms with Crippen LogP contribution in [0.5, 0.6) is 0 Å². The van der Waals surface area contributed by atoms with Crippen molar-refractivity contribution in [2.75, 3.05) is 18.5 Å². The molecule has 0 saturated heterocycles. The van der Waals surface area contributed by atoms with Crippen molar-refractivity contribution in [3.63, 3.8) is 0 Å². The van der Waals surface area contributed by atoms with Gasteiger partial charge in [-0.2, -0.15) is 5.10 Å². The van der Waals surface area contributed by atoms with E-state index in [1.165, 1.54) is 11.1 Å². The van der Waals surface area contributed by atoms with Crippen LogP contribution in [0.2, 0.25) is 5.15 Å². The molecule has 0 aliphatic rings. The lowest BCUT2D eigenvalue weighted by atomic mass is 10.1. The molecule has 0 aliphatic carbocycles. The first kappa shape index (κ1) is 17.8. The van der Waals surface area contributed by atoms with E-state index >= 15 is 0 Å². The maximum atomic E-state index is 12.5. The first-order valence-corrected chi connectivity index (χ1v) is 7.82.